The second kappa shape index (κ2) is 15.5. The lowest BCUT2D eigenvalue weighted by atomic mass is 10.0. The number of rotatable bonds is 14. The van der Waals surface area contributed by atoms with Crippen LogP contribution in [0.5, 0.6) is 0 Å². The Labute approximate surface area is 268 Å². The van der Waals surface area contributed by atoms with Crippen LogP contribution in [0.2, 0.25) is 0 Å². The lowest BCUT2D eigenvalue weighted by molar-refractivity contribution is -0.140. The van der Waals surface area contributed by atoms with Crippen LogP contribution in [0, 0.1) is 6.92 Å². The van der Waals surface area contributed by atoms with E-state index in [9.17, 15) is 18.0 Å². The van der Waals surface area contributed by atoms with E-state index in [1.165, 1.54) is 17.0 Å². The molecule has 0 aliphatic carbocycles. The Morgan fingerprint density at radius 3 is 2.02 bits per heavy atom. The van der Waals surface area contributed by atoms with E-state index < -0.39 is 28.5 Å². The van der Waals surface area contributed by atoms with Crippen molar-refractivity contribution in [2.45, 2.75) is 63.9 Å². The van der Waals surface area contributed by atoms with E-state index in [0.29, 0.717) is 12.2 Å². The molecule has 0 saturated carbocycles. The zero-order valence-electron chi connectivity index (χ0n) is 26.5. The van der Waals surface area contributed by atoms with Crippen molar-refractivity contribution in [1.29, 1.82) is 0 Å². The Bertz CT molecular complexity index is 1660. The highest BCUT2D eigenvalue weighted by Gasteiger charge is 2.34. The van der Waals surface area contributed by atoms with Gasteiger partial charge in [0.15, 0.2) is 0 Å². The molecule has 4 aromatic carbocycles. The van der Waals surface area contributed by atoms with Crippen LogP contribution in [-0.4, -0.2) is 44.3 Å². The van der Waals surface area contributed by atoms with Crippen LogP contribution in [-0.2, 0) is 32.6 Å². The number of carbonyl (C=O) groups is 2. The first-order chi connectivity index (χ1) is 21.6. The highest BCUT2D eigenvalue weighted by atomic mass is 32.2. The molecule has 0 spiro atoms. The molecule has 1 unspecified atom stereocenters. The number of hydrogen-bond acceptors (Lipinski definition) is 4. The molecule has 1 N–H and O–H groups in total. The summed E-state index contributed by atoms with van der Waals surface area (Å²) in [5.41, 5.74) is 4.20. The van der Waals surface area contributed by atoms with Gasteiger partial charge in [0.25, 0.3) is 10.0 Å². The maximum atomic E-state index is 14.5. The van der Waals surface area contributed by atoms with Crippen molar-refractivity contribution in [3.05, 3.63) is 131 Å². The molecule has 0 heterocycles. The molecule has 0 bridgehead atoms. The second-order valence-electron chi connectivity index (χ2n) is 11.6. The average Bonchev–Trinajstić information content (AvgIpc) is 3.05. The van der Waals surface area contributed by atoms with Gasteiger partial charge in [0.05, 0.1) is 10.6 Å². The van der Waals surface area contributed by atoms with Crippen molar-refractivity contribution in [2.75, 3.05) is 17.4 Å². The molecule has 1 atom stereocenters. The summed E-state index contributed by atoms with van der Waals surface area (Å²) in [4.78, 5) is 29.9. The van der Waals surface area contributed by atoms with Crippen molar-refractivity contribution in [3.8, 4) is 0 Å². The normalized spacial score (nSPS) is 12.0. The molecule has 236 valence electrons. The molecule has 8 heteroatoms. The predicted octanol–water partition coefficient (Wildman–Crippen LogP) is 6.48. The Morgan fingerprint density at radius 1 is 0.800 bits per heavy atom. The fraction of sp³-hybridized carbons (Fsp3) is 0.297. The Hall–Kier alpha value is -4.43. The van der Waals surface area contributed by atoms with Gasteiger partial charge in [-0.15, -0.1) is 0 Å². The topological polar surface area (TPSA) is 86.8 Å². The van der Waals surface area contributed by atoms with Crippen LogP contribution in [0.3, 0.4) is 0 Å². The molecule has 0 aliphatic heterocycles. The van der Waals surface area contributed by atoms with Crippen LogP contribution in [0.1, 0.15) is 55.4 Å². The van der Waals surface area contributed by atoms with Gasteiger partial charge in [-0.2, -0.15) is 0 Å². The Kier molecular flexibility index (Phi) is 11.5. The van der Waals surface area contributed by atoms with E-state index in [1.807, 2.05) is 80.6 Å². The van der Waals surface area contributed by atoms with E-state index in [-0.39, 0.29) is 29.7 Å². The molecule has 0 aliphatic rings. The van der Waals surface area contributed by atoms with Crippen LogP contribution in [0.25, 0.3) is 0 Å². The minimum Gasteiger partial charge on any atom is -0.354 e. The third-order valence-corrected chi connectivity index (χ3v) is 9.50. The summed E-state index contributed by atoms with van der Waals surface area (Å²) in [5, 5.41) is 2.98. The van der Waals surface area contributed by atoms with Gasteiger partial charge in [0.1, 0.15) is 12.6 Å². The molecule has 0 aromatic heterocycles. The number of hydrogen-bond donors (Lipinski definition) is 1. The molecule has 2 amide bonds. The zero-order chi connectivity index (χ0) is 32.4. The number of benzene rings is 4. The first kappa shape index (κ1) is 33.5. The summed E-state index contributed by atoms with van der Waals surface area (Å²) in [6.45, 7) is 8.21. The van der Waals surface area contributed by atoms with Crippen LogP contribution in [0.15, 0.2) is 114 Å². The zero-order valence-corrected chi connectivity index (χ0v) is 27.3. The lowest BCUT2D eigenvalue weighted by Crippen LogP contribution is -2.53. The van der Waals surface area contributed by atoms with Crippen molar-refractivity contribution in [1.82, 2.24) is 10.2 Å². The third kappa shape index (κ3) is 8.82. The lowest BCUT2D eigenvalue weighted by Gasteiger charge is -2.34. The molecule has 45 heavy (non-hydrogen) atoms. The number of nitrogens with one attached hydrogen (secondary N) is 1. The Balaban J connectivity index is 1.79. The van der Waals surface area contributed by atoms with E-state index >= 15 is 0 Å². The average molecular weight is 626 g/mol. The smallest absolute Gasteiger partial charge is 0.264 e. The summed E-state index contributed by atoms with van der Waals surface area (Å²) in [6.07, 6.45) is 1.02. The third-order valence-electron chi connectivity index (χ3n) is 7.71. The quantitative estimate of drug-likeness (QED) is 0.174. The van der Waals surface area contributed by atoms with E-state index in [4.69, 9.17) is 0 Å². The van der Waals surface area contributed by atoms with Crippen molar-refractivity contribution in [2.24, 2.45) is 0 Å². The predicted molar refractivity (Wildman–Crippen MR) is 180 cm³/mol. The summed E-state index contributed by atoms with van der Waals surface area (Å²) >= 11 is 0. The van der Waals surface area contributed by atoms with Crippen LogP contribution >= 0.6 is 0 Å². The van der Waals surface area contributed by atoms with Crippen molar-refractivity contribution in [3.63, 3.8) is 0 Å². The van der Waals surface area contributed by atoms with E-state index in [0.717, 1.165) is 33.0 Å². The molecular weight excluding hydrogens is 582 g/mol. The molecule has 0 radical (unpaired) electrons. The number of sulfonamides is 1. The van der Waals surface area contributed by atoms with Gasteiger partial charge < -0.3 is 10.2 Å². The minimum absolute atomic E-state index is 0.0810. The van der Waals surface area contributed by atoms with Gasteiger partial charge in [0.2, 0.25) is 11.8 Å². The molecule has 4 rings (SSSR count). The number of carbonyl (C=O) groups excluding carboxylic acids is 2. The molecule has 0 fully saturated rings. The van der Waals surface area contributed by atoms with Crippen molar-refractivity contribution < 1.29 is 18.0 Å². The van der Waals surface area contributed by atoms with Gasteiger partial charge in [-0.25, -0.2) is 8.42 Å². The molecule has 7 nitrogen and oxygen atoms in total. The number of amides is 2. The summed E-state index contributed by atoms with van der Waals surface area (Å²) in [5.74, 6) is -0.498. The van der Waals surface area contributed by atoms with Crippen LogP contribution in [0.4, 0.5) is 5.69 Å². The first-order valence-electron chi connectivity index (χ1n) is 15.4. The number of nitrogens with zero attached hydrogens (tertiary/aromatic N) is 2. The highest BCUT2D eigenvalue weighted by molar-refractivity contribution is 7.92. The van der Waals surface area contributed by atoms with E-state index in [2.05, 4.69) is 19.2 Å². The van der Waals surface area contributed by atoms with E-state index in [1.54, 1.807) is 30.3 Å². The fourth-order valence-corrected chi connectivity index (χ4v) is 6.64. The van der Waals surface area contributed by atoms with Gasteiger partial charge in [-0.3, -0.25) is 13.9 Å². The maximum Gasteiger partial charge on any atom is 0.264 e. The molecule has 0 saturated heterocycles. The van der Waals surface area contributed by atoms with Crippen LogP contribution < -0.4 is 9.62 Å². The fourth-order valence-electron chi connectivity index (χ4n) is 5.20. The second-order valence-corrected chi connectivity index (χ2v) is 13.4. The maximum absolute atomic E-state index is 14.5. The summed E-state index contributed by atoms with van der Waals surface area (Å²) in [7, 11) is -4.13. The first-order valence-corrected chi connectivity index (χ1v) is 16.9. The minimum atomic E-state index is -4.13. The SMILES string of the molecule is CCCNC(=O)C(Cc1ccccc1)N(Cc1cccc(C)c1)C(=O)CN(c1ccc(C(C)C)cc1)S(=O)(=O)c1ccccc1. The summed E-state index contributed by atoms with van der Waals surface area (Å²) in [6, 6.07) is 31.9. The van der Waals surface area contributed by atoms with Gasteiger partial charge in [-0.1, -0.05) is 111 Å². The number of aryl methyl sites for hydroxylation is 1. The van der Waals surface area contributed by atoms with Gasteiger partial charge in [-0.05, 0) is 60.2 Å². The Morgan fingerprint density at radius 2 is 1.42 bits per heavy atom. The highest BCUT2D eigenvalue weighted by Crippen LogP contribution is 2.27. The van der Waals surface area contributed by atoms with Gasteiger partial charge in [0, 0.05) is 19.5 Å². The molecule has 4 aromatic rings. The monoisotopic (exact) mass is 625 g/mol. The summed E-state index contributed by atoms with van der Waals surface area (Å²) < 4.78 is 29.4. The largest absolute Gasteiger partial charge is 0.354 e. The standard InChI is InChI=1S/C37H43N3O4S/c1-5-23-38-37(42)35(25-30-14-8-6-9-15-30)39(26-31-16-12-13-29(4)24-31)36(41)27-40(33-21-19-32(20-22-33)28(2)3)45(43,44)34-17-10-7-11-18-34/h6-22,24,28,35H,5,23,25-27H2,1-4H3,(H,38,42). The van der Waals surface area contributed by atoms with Crippen molar-refractivity contribution >= 4 is 27.5 Å². The number of anilines is 1. The van der Waals surface area contributed by atoms with Gasteiger partial charge >= 0.3 is 0 Å². The molecular formula is C37H43N3O4S.